The van der Waals surface area contributed by atoms with E-state index in [-0.39, 0.29) is 0 Å². The number of rotatable bonds is 3. The van der Waals surface area contributed by atoms with Crippen LogP contribution in [0.5, 0.6) is 0 Å². The second-order valence-corrected chi connectivity index (χ2v) is 4.73. The Morgan fingerprint density at radius 3 is 2.58 bits per heavy atom. The molecule has 1 nitrogen and oxygen atoms in total. The van der Waals surface area contributed by atoms with E-state index in [0.29, 0.717) is 5.41 Å². The van der Waals surface area contributed by atoms with Crippen LogP contribution in [-0.2, 0) is 0 Å². The molecule has 0 amide bonds. The van der Waals surface area contributed by atoms with Gasteiger partial charge in [-0.25, -0.2) is 0 Å². The highest BCUT2D eigenvalue weighted by molar-refractivity contribution is 5.03. The number of likely N-dealkylation sites (tertiary alicyclic amines) is 1. The minimum Gasteiger partial charge on any atom is -0.299 e. The van der Waals surface area contributed by atoms with Crippen LogP contribution in [0.25, 0.3) is 0 Å². The third-order valence-electron chi connectivity index (χ3n) is 2.84. The van der Waals surface area contributed by atoms with Gasteiger partial charge in [-0.15, -0.1) is 0 Å². The quantitative estimate of drug-likeness (QED) is 0.584. The van der Waals surface area contributed by atoms with Crippen LogP contribution in [0.15, 0.2) is 12.2 Å². The topological polar surface area (TPSA) is 3.24 Å². The van der Waals surface area contributed by atoms with E-state index in [0.717, 1.165) is 6.54 Å². The Hall–Kier alpha value is -0.300. The molecule has 0 unspecified atom stereocenters. The van der Waals surface area contributed by atoms with Crippen molar-refractivity contribution in [2.45, 2.75) is 33.6 Å². The van der Waals surface area contributed by atoms with E-state index < -0.39 is 0 Å². The first-order valence-electron chi connectivity index (χ1n) is 4.92. The molecule has 0 spiro atoms. The molecule has 1 heterocycles. The zero-order chi connectivity index (χ0) is 9.19. The van der Waals surface area contributed by atoms with Crippen LogP contribution >= 0.6 is 0 Å². The Morgan fingerprint density at radius 2 is 2.17 bits per heavy atom. The Labute approximate surface area is 76.5 Å². The Morgan fingerprint density at radius 1 is 1.50 bits per heavy atom. The molecule has 0 saturated carbocycles. The maximum Gasteiger partial charge on any atom is 0.0191 e. The van der Waals surface area contributed by atoms with Crippen molar-refractivity contribution < 1.29 is 0 Å². The SMILES string of the molecule is C=C1CCN(CC(C)(C)CC)C1. The van der Waals surface area contributed by atoms with E-state index in [1.165, 1.54) is 31.5 Å². The molecule has 1 aliphatic rings. The molecule has 0 aromatic carbocycles. The van der Waals surface area contributed by atoms with Crippen molar-refractivity contribution in [3.63, 3.8) is 0 Å². The predicted octanol–water partition coefficient (Wildman–Crippen LogP) is 2.68. The molecule has 0 N–H and O–H groups in total. The normalized spacial score (nSPS) is 20.4. The number of hydrogen-bond donors (Lipinski definition) is 0. The first kappa shape index (κ1) is 9.79. The van der Waals surface area contributed by atoms with E-state index in [1.807, 2.05) is 0 Å². The molecule has 1 heteroatoms. The largest absolute Gasteiger partial charge is 0.299 e. The van der Waals surface area contributed by atoms with Gasteiger partial charge < -0.3 is 0 Å². The maximum absolute atomic E-state index is 4.02. The summed E-state index contributed by atoms with van der Waals surface area (Å²) in [7, 11) is 0. The number of nitrogens with zero attached hydrogens (tertiary/aromatic N) is 1. The highest BCUT2D eigenvalue weighted by Gasteiger charge is 2.22. The molecule has 1 saturated heterocycles. The van der Waals surface area contributed by atoms with Crippen LogP contribution in [-0.4, -0.2) is 24.5 Å². The molecule has 1 aliphatic heterocycles. The smallest absolute Gasteiger partial charge is 0.0191 e. The van der Waals surface area contributed by atoms with Gasteiger partial charge in [0.1, 0.15) is 0 Å². The lowest BCUT2D eigenvalue weighted by Crippen LogP contribution is -2.31. The second kappa shape index (κ2) is 3.61. The van der Waals surface area contributed by atoms with Gasteiger partial charge >= 0.3 is 0 Å². The van der Waals surface area contributed by atoms with Gasteiger partial charge in [0.05, 0.1) is 0 Å². The molecule has 70 valence electrons. The van der Waals surface area contributed by atoms with Gasteiger partial charge in [0, 0.05) is 19.6 Å². The van der Waals surface area contributed by atoms with Crippen molar-refractivity contribution >= 4 is 0 Å². The van der Waals surface area contributed by atoms with Crippen molar-refractivity contribution in [2.75, 3.05) is 19.6 Å². The van der Waals surface area contributed by atoms with Gasteiger partial charge in [0.15, 0.2) is 0 Å². The molecule has 0 aromatic rings. The van der Waals surface area contributed by atoms with Crippen molar-refractivity contribution in [1.29, 1.82) is 0 Å². The Bertz CT molecular complexity index is 170. The van der Waals surface area contributed by atoms with Crippen LogP contribution in [0.3, 0.4) is 0 Å². The summed E-state index contributed by atoms with van der Waals surface area (Å²) in [5, 5.41) is 0. The Balaban J connectivity index is 2.36. The summed E-state index contributed by atoms with van der Waals surface area (Å²) < 4.78 is 0. The van der Waals surface area contributed by atoms with Gasteiger partial charge in [0.25, 0.3) is 0 Å². The fourth-order valence-electron chi connectivity index (χ4n) is 1.64. The summed E-state index contributed by atoms with van der Waals surface area (Å²) >= 11 is 0. The van der Waals surface area contributed by atoms with Crippen LogP contribution in [0.2, 0.25) is 0 Å². The fourth-order valence-corrected chi connectivity index (χ4v) is 1.64. The molecule has 0 aliphatic carbocycles. The standard InChI is InChI=1S/C11H21N/c1-5-11(3,4)9-12-7-6-10(2)8-12/h2,5-9H2,1,3-4H3. The molecule has 12 heavy (non-hydrogen) atoms. The molecule has 0 bridgehead atoms. The molecule has 1 fully saturated rings. The summed E-state index contributed by atoms with van der Waals surface area (Å²) in [5.74, 6) is 0. The number of hydrogen-bond acceptors (Lipinski definition) is 1. The summed E-state index contributed by atoms with van der Waals surface area (Å²) in [6.45, 7) is 14.5. The van der Waals surface area contributed by atoms with Crippen LogP contribution < -0.4 is 0 Å². The average Bonchev–Trinajstić information content (AvgIpc) is 2.35. The summed E-state index contributed by atoms with van der Waals surface area (Å²) in [6.07, 6.45) is 2.47. The van der Waals surface area contributed by atoms with Crippen LogP contribution in [0.1, 0.15) is 33.6 Å². The van der Waals surface area contributed by atoms with E-state index in [4.69, 9.17) is 0 Å². The summed E-state index contributed by atoms with van der Waals surface area (Å²) in [5.41, 5.74) is 1.88. The monoisotopic (exact) mass is 167 g/mol. The highest BCUT2D eigenvalue weighted by Crippen LogP contribution is 2.24. The zero-order valence-electron chi connectivity index (χ0n) is 8.69. The highest BCUT2D eigenvalue weighted by atomic mass is 15.1. The van der Waals surface area contributed by atoms with Gasteiger partial charge in [0.2, 0.25) is 0 Å². The zero-order valence-corrected chi connectivity index (χ0v) is 8.69. The molecule has 0 atom stereocenters. The first-order chi connectivity index (χ1) is 5.53. The molecular weight excluding hydrogens is 146 g/mol. The fraction of sp³-hybridized carbons (Fsp3) is 0.818. The minimum absolute atomic E-state index is 0.477. The lowest BCUT2D eigenvalue weighted by molar-refractivity contribution is 0.206. The van der Waals surface area contributed by atoms with Crippen LogP contribution in [0.4, 0.5) is 0 Å². The van der Waals surface area contributed by atoms with Gasteiger partial charge in [-0.2, -0.15) is 0 Å². The lowest BCUT2D eigenvalue weighted by Gasteiger charge is -2.28. The van der Waals surface area contributed by atoms with Crippen LogP contribution in [0, 0.1) is 5.41 Å². The van der Waals surface area contributed by atoms with Crippen molar-refractivity contribution in [1.82, 2.24) is 4.90 Å². The third kappa shape index (κ3) is 2.63. The van der Waals surface area contributed by atoms with E-state index in [1.54, 1.807) is 0 Å². The van der Waals surface area contributed by atoms with Gasteiger partial charge in [-0.1, -0.05) is 32.9 Å². The molecular formula is C11H21N. The third-order valence-corrected chi connectivity index (χ3v) is 2.84. The summed E-state index contributed by atoms with van der Waals surface area (Å²) in [4.78, 5) is 2.52. The second-order valence-electron chi connectivity index (χ2n) is 4.73. The Kier molecular flexibility index (Phi) is 2.94. The van der Waals surface area contributed by atoms with Gasteiger partial charge in [-0.05, 0) is 18.3 Å². The molecule has 1 rings (SSSR count). The molecule has 0 radical (unpaired) electrons. The molecule has 0 aromatic heterocycles. The summed E-state index contributed by atoms with van der Waals surface area (Å²) in [6, 6.07) is 0. The van der Waals surface area contributed by atoms with E-state index in [2.05, 4.69) is 32.3 Å². The van der Waals surface area contributed by atoms with Gasteiger partial charge in [-0.3, -0.25) is 4.90 Å². The first-order valence-corrected chi connectivity index (χ1v) is 4.92. The van der Waals surface area contributed by atoms with Crippen molar-refractivity contribution in [3.8, 4) is 0 Å². The lowest BCUT2D eigenvalue weighted by atomic mass is 9.90. The van der Waals surface area contributed by atoms with Crippen molar-refractivity contribution in [2.24, 2.45) is 5.41 Å². The van der Waals surface area contributed by atoms with E-state index >= 15 is 0 Å². The predicted molar refractivity (Wildman–Crippen MR) is 54.3 cm³/mol. The van der Waals surface area contributed by atoms with Crippen molar-refractivity contribution in [3.05, 3.63) is 12.2 Å². The minimum atomic E-state index is 0.477. The maximum atomic E-state index is 4.02. The van der Waals surface area contributed by atoms with E-state index in [9.17, 15) is 0 Å². The average molecular weight is 167 g/mol.